The first kappa shape index (κ1) is 17.2. The van der Waals surface area contributed by atoms with E-state index >= 15 is 0 Å². The lowest BCUT2D eigenvalue weighted by molar-refractivity contribution is 0.0819. The molecule has 0 unspecified atom stereocenters. The lowest BCUT2D eigenvalue weighted by Crippen LogP contribution is -2.27. The highest BCUT2D eigenvalue weighted by molar-refractivity contribution is 7.07. The zero-order chi connectivity index (χ0) is 17.0. The van der Waals surface area contributed by atoms with Gasteiger partial charge >= 0.3 is 6.09 Å². The number of para-hydroxylation sites is 1. The first-order valence-corrected chi connectivity index (χ1v) is 8.10. The Kier molecular flexibility index (Phi) is 5.57. The quantitative estimate of drug-likeness (QED) is 0.852. The first-order valence-electron chi connectivity index (χ1n) is 6.84. The number of ether oxygens (including phenoxy) is 1. The second-order valence-electron chi connectivity index (χ2n) is 4.70. The van der Waals surface area contributed by atoms with Gasteiger partial charge in [0.1, 0.15) is 5.69 Å². The van der Waals surface area contributed by atoms with E-state index in [1.54, 1.807) is 55.2 Å². The number of hydrogen-bond acceptors (Lipinski definition) is 4. The van der Waals surface area contributed by atoms with Crippen molar-refractivity contribution in [2.24, 2.45) is 4.99 Å². The van der Waals surface area contributed by atoms with Gasteiger partial charge in [-0.25, -0.2) is 4.79 Å². The molecule has 1 aromatic carbocycles. The summed E-state index contributed by atoms with van der Waals surface area (Å²) in [6.07, 6.45) is -0.709. The molecule has 23 heavy (non-hydrogen) atoms. The van der Waals surface area contributed by atoms with Gasteiger partial charge in [0.15, 0.2) is 0 Å². The molecule has 0 aliphatic heterocycles. The van der Waals surface area contributed by atoms with Gasteiger partial charge in [-0.05, 0) is 19.1 Å². The number of rotatable bonds is 3. The highest BCUT2D eigenvalue weighted by atomic mass is 35.5. The van der Waals surface area contributed by atoms with E-state index < -0.39 is 6.09 Å². The Labute approximate surface area is 142 Å². The number of halogens is 1. The Morgan fingerprint density at radius 3 is 2.65 bits per heavy atom. The topological polar surface area (TPSA) is 63.9 Å². The number of carbonyl (C=O) groups is 2. The van der Waals surface area contributed by atoms with Crippen LogP contribution in [0.3, 0.4) is 0 Å². The minimum absolute atomic E-state index is 0.216. The van der Waals surface area contributed by atoms with E-state index in [9.17, 15) is 9.59 Å². The fraction of sp³-hybridized carbons (Fsp3) is 0.267. The van der Waals surface area contributed by atoms with Crippen LogP contribution in [0.4, 0.5) is 4.79 Å². The molecule has 8 heteroatoms. The Bertz CT molecular complexity index is 795. The van der Waals surface area contributed by atoms with E-state index in [0.29, 0.717) is 21.2 Å². The van der Waals surface area contributed by atoms with Gasteiger partial charge in [0.05, 0.1) is 17.3 Å². The van der Waals surface area contributed by atoms with Crippen molar-refractivity contribution in [3.8, 4) is 5.69 Å². The number of nitrogens with zero attached hydrogens (tertiary/aromatic N) is 3. The van der Waals surface area contributed by atoms with Crippen molar-refractivity contribution in [2.75, 3.05) is 20.7 Å². The zero-order valence-corrected chi connectivity index (χ0v) is 14.5. The van der Waals surface area contributed by atoms with Gasteiger partial charge in [-0.2, -0.15) is 0 Å². The lowest BCUT2D eigenvalue weighted by atomic mass is 10.3. The van der Waals surface area contributed by atoms with Crippen LogP contribution in [0.2, 0.25) is 5.02 Å². The minimum atomic E-state index is -0.709. The van der Waals surface area contributed by atoms with E-state index in [1.807, 2.05) is 0 Å². The molecule has 1 aromatic heterocycles. The molecular weight excluding hydrogens is 338 g/mol. The number of carbonyl (C=O) groups excluding carboxylic acids is 2. The third kappa shape index (κ3) is 3.80. The average Bonchev–Trinajstić information content (AvgIpc) is 2.90. The van der Waals surface area contributed by atoms with Crippen molar-refractivity contribution in [2.45, 2.75) is 6.92 Å². The maximum Gasteiger partial charge on any atom is 0.436 e. The van der Waals surface area contributed by atoms with Crippen molar-refractivity contribution in [3.05, 3.63) is 45.2 Å². The second-order valence-corrected chi connectivity index (χ2v) is 5.94. The largest absolute Gasteiger partial charge is 0.448 e. The van der Waals surface area contributed by atoms with Gasteiger partial charge in [0.2, 0.25) is 4.80 Å². The predicted molar refractivity (Wildman–Crippen MR) is 89.3 cm³/mol. The van der Waals surface area contributed by atoms with Gasteiger partial charge < -0.3 is 9.64 Å². The van der Waals surface area contributed by atoms with Crippen LogP contribution in [0.1, 0.15) is 17.4 Å². The van der Waals surface area contributed by atoms with Crippen LogP contribution in [0.15, 0.2) is 34.6 Å². The third-order valence-corrected chi connectivity index (χ3v) is 4.03. The van der Waals surface area contributed by atoms with Crippen molar-refractivity contribution in [1.29, 1.82) is 0 Å². The van der Waals surface area contributed by atoms with Crippen molar-refractivity contribution >= 4 is 34.9 Å². The summed E-state index contributed by atoms with van der Waals surface area (Å²) in [6.45, 7) is 1.92. The molecule has 1 heterocycles. The fourth-order valence-corrected chi connectivity index (χ4v) is 2.94. The molecule has 0 radical (unpaired) electrons. The normalized spacial score (nSPS) is 11.4. The summed E-state index contributed by atoms with van der Waals surface area (Å²) >= 11 is 7.41. The molecule has 2 amide bonds. The average molecular weight is 354 g/mol. The van der Waals surface area contributed by atoms with Crippen LogP contribution in [0.25, 0.3) is 5.69 Å². The Morgan fingerprint density at radius 1 is 1.35 bits per heavy atom. The maximum atomic E-state index is 12.4. The van der Waals surface area contributed by atoms with Crippen molar-refractivity contribution in [3.63, 3.8) is 0 Å². The van der Waals surface area contributed by atoms with Gasteiger partial charge in [-0.3, -0.25) is 9.36 Å². The van der Waals surface area contributed by atoms with Crippen LogP contribution in [-0.4, -0.2) is 42.2 Å². The zero-order valence-electron chi connectivity index (χ0n) is 12.9. The van der Waals surface area contributed by atoms with Gasteiger partial charge in [-0.1, -0.05) is 23.7 Å². The van der Waals surface area contributed by atoms with Crippen LogP contribution in [0, 0.1) is 0 Å². The number of thiazole rings is 1. The lowest BCUT2D eigenvalue weighted by Gasteiger charge is -2.13. The summed E-state index contributed by atoms with van der Waals surface area (Å²) in [4.78, 5) is 29.7. The molecule has 2 rings (SSSR count). The van der Waals surface area contributed by atoms with Crippen LogP contribution >= 0.6 is 22.9 Å². The first-order chi connectivity index (χ1) is 11.0. The summed E-state index contributed by atoms with van der Waals surface area (Å²) in [5.74, 6) is -0.216. The highest BCUT2D eigenvalue weighted by Gasteiger charge is 2.19. The molecule has 0 spiro atoms. The number of amides is 2. The molecule has 0 aliphatic carbocycles. The molecule has 0 fully saturated rings. The van der Waals surface area contributed by atoms with Crippen LogP contribution in [-0.2, 0) is 4.74 Å². The van der Waals surface area contributed by atoms with Crippen LogP contribution < -0.4 is 4.80 Å². The molecular formula is C15H16ClN3O3S. The smallest absolute Gasteiger partial charge is 0.436 e. The summed E-state index contributed by atoms with van der Waals surface area (Å²) < 4.78 is 6.41. The number of benzene rings is 1. The summed E-state index contributed by atoms with van der Waals surface area (Å²) in [5, 5.41) is 2.09. The fourth-order valence-electron chi connectivity index (χ4n) is 1.87. The van der Waals surface area contributed by atoms with E-state index in [0.717, 1.165) is 0 Å². The highest BCUT2D eigenvalue weighted by Crippen LogP contribution is 2.21. The van der Waals surface area contributed by atoms with Gasteiger partial charge in [-0.15, -0.1) is 16.3 Å². The van der Waals surface area contributed by atoms with Gasteiger partial charge in [0.25, 0.3) is 5.91 Å². The molecule has 0 aliphatic rings. The number of hydrogen-bond donors (Lipinski definition) is 0. The molecule has 0 atom stereocenters. The maximum absolute atomic E-state index is 12.4. The molecule has 122 valence electrons. The standard InChI is InChI=1S/C15H16ClN3O3S/c1-4-22-15(21)17-14-19(11-8-6-5-7-10(11)16)12(9-23-14)13(20)18(2)3/h5-9H,4H2,1-3H3/b17-14-. The molecule has 0 N–H and O–H groups in total. The molecule has 2 aromatic rings. The van der Waals surface area contributed by atoms with Gasteiger partial charge in [0, 0.05) is 19.5 Å². The Balaban J connectivity index is 2.69. The van der Waals surface area contributed by atoms with E-state index in [1.165, 1.54) is 16.2 Å². The Morgan fingerprint density at radius 2 is 2.04 bits per heavy atom. The summed E-state index contributed by atoms with van der Waals surface area (Å²) in [5.41, 5.74) is 0.944. The second kappa shape index (κ2) is 7.43. The molecule has 0 bridgehead atoms. The molecule has 6 nitrogen and oxygen atoms in total. The third-order valence-electron chi connectivity index (χ3n) is 2.88. The SMILES string of the molecule is CCOC(=O)/N=c1\scc(C(=O)N(C)C)n1-c1ccccc1Cl. The minimum Gasteiger partial charge on any atom is -0.448 e. The summed E-state index contributed by atoms with van der Waals surface area (Å²) in [6, 6.07) is 7.05. The Hall–Kier alpha value is -2.12. The van der Waals surface area contributed by atoms with E-state index in [-0.39, 0.29) is 12.5 Å². The monoisotopic (exact) mass is 353 g/mol. The predicted octanol–water partition coefficient (Wildman–Crippen LogP) is 2.95. The van der Waals surface area contributed by atoms with Crippen LogP contribution in [0.5, 0.6) is 0 Å². The van der Waals surface area contributed by atoms with Crippen molar-refractivity contribution < 1.29 is 14.3 Å². The molecule has 0 saturated heterocycles. The van der Waals surface area contributed by atoms with Crippen molar-refractivity contribution in [1.82, 2.24) is 9.47 Å². The number of aromatic nitrogens is 1. The molecule has 0 saturated carbocycles. The van der Waals surface area contributed by atoms with E-state index in [4.69, 9.17) is 16.3 Å². The van der Waals surface area contributed by atoms with E-state index in [2.05, 4.69) is 4.99 Å². The summed E-state index contributed by atoms with van der Waals surface area (Å²) in [7, 11) is 3.30.